The molecule has 0 radical (unpaired) electrons. The fraction of sp³-hybridized carbons (Fsp3) is 0. The van der Waals surface area contributed by atoms with Crippen molar-refractivity contribution in [1.29, 1.82) is 0 Å². The third-order valence-electron chi connectivity index (χ3n) is 0.814. The summed E-state index contributed by atoms with van der Waals surface area (Å²) in [4.78, 5) is 17.9. The van der Waals surface area contributed by atoms with Gasteiger partial charge in [0.05, 0.1) is 5.23 Å². The van der Waals surface area contributed by atoms with Crippen LogP contribution in [0.15, 0.2) is 0 Å². The summed E-state index contributed by atoms with van der Waals surface area (Å²) in [6.45, 7) is 0. The number of hydrogen-bond donors (Lipinski definition) is 1. The molecule has 2 amide bonds. The van der Waals surface area contributed by atoms with Gasteiger partial charge in [0.15, 0.2) is 4.92 Å². The fourth-order valence-corrected chi connectivity index (χ4v) is 0.414. The maximum atomic E-state index is 10.1. The number of quaternary nitrogens is 1. The summed E-state index contributed by atoms with van der Waals surface area (Å²) >= 11 is 0. The minimum atomic E-state index is -0.833. The summed E-state index contributed by atoms with van der Waals surface area (Å²) in [7, 11) is 0. The highest BCUT2D eigenvalue weighted by molar-refractivity contribution is 5.67. The molecule has 0 saturated carbocycles. The van der Waals surface area contributed by atoms with Crippen LogP contribution in [0.3, 0.4) is 0 Å². The molecule has 3 aliphatic heterocycles. The number of carbonyl (C=O) groups is 1. The van der Waals surface area contributed by atoms with Gasteiger partial charge in [-0.05, 0) is 0 Å². The van der Waals surface area contributed by atoms with Gasteiger partial charge in [0.1, 0.15) is 0 Å². The molecular weight excluding hydrogens is 102 g/mol. The van der Waals surface area contributed by atoms with Crippen molar-refractivity contribution >= 4 is 6.03 Å². The zero-order valence-corrected chi connectivity index (χ0v) is 3.20. The van der Waals surface area contributed by atoms with Crippen LogP contribution >= 0.6 is 0 Å². The van der Waals surface area contributed by atoms with Crippen LogP contribution in [0.5, 0.6) is 0 Å². The second-order valence-electron chi connectivity index (χ2n) is 1.30. The quantitative estimate of drug-likeness (QED) is 0.238. The maximum Gasteiger partial charge on any atom is 0.571 e. The molecule has 3 heterocycles. The van der Waals surface area contributed by atoms with Crippen molar-refractivity contribution in [2.24, 2.45) is 5.84 Å². The Morgan fingerprint density at radius 1 is 1.71 bits per heavy atom. The van der Waals surface area contributed by atoms with E-state index in [-0.39, 0.29) is 6.03 Å². The predicted molar refractivity (Wildman–Crippen MR) is 13.9 cm³/mol. The van der Waals surface area contributed by atoms with E-state index in [0.29, 0.717) is 5.23 Å². The van der Waals surface area contributed by atoms with Gasteiger partial charge < -0.3 is 0 Å². The van der Waals surface area contributed by atoms with Crippen molar-refractivity contribution in [2.45, 2.75) is 0 Å². The third-order valence-corrected chi connectivity index (χ3v) is 0.814. The van der Waals surface area contributed by atoms with Crippen LogP contribution in [0.25, 0.3) is 0 Å². The molecule has 0 spiro atoms. The Hall–Kier alpha value is -0.690. The Labute approximate surface area is 38.0 Å². The van der Waals surface area contributed by atoms with E-state index in [4.69, 9.17) is 5.84 Å². The second kappa shape index (κ2) is 0.557. The smallest absolute Gasteiger partial charge is 0.193 e. The van der Waals surface area contributed by atoms with E-state index in [0.717, 1.165) is 0 Å². The first kappa shape index (κ1) is 3.33. The molecule has 0 unspecified atom stereocenters. The molecule has 2 bridgehead atoms. The summed E-state index contributed by atoms with van der Waals surface area (Å²) in [5.74, 6) is 4.93. The highest BCUT2D eigenvalue weighted by atomic mass is 17.4. The van der Waals surface area contributed by atoms with E-state index in [1.165, 1.54) is 0 Å². The first-order valence-corrected chi connectivity index (χ1v) is 1.64. The van der Waals surface area contributed by atoms with E-state index in [1.807, 2.05) is 0 Å². The third kappa shape index (κ3) is 0.156. The highest BCUT2D eigenvalue weighted by Crippen LogP contribution is 2.34. The molecule has 6 nitrogen and oxygen atoms in total. The summed E-state index contributed by atoms with van der Waals surface area (Å²) in [6, 6.07) is -0.375. The van der Waals surface area contributed by atoms with Gasteiger partial charge in [-0.25, -0.2) is 0 Å². The van der Waals surface area contributed by atoms with Crippen LogP contribution < -0.4 is 5.84 Å². The minimum Gasteiger partial charge on any atom is -0.193 e. The van der Waals surface area contributed by atoms with Gasteiger partial charge in [-0.3, -0.25) is 0 Å². The predicted octanol–water partition coefficient (Wildman–Crippen LogP) is -1.18. The number of carbonyl (C=O) groups excluding carboxylic acids is 1. The van der Waals surface area contributed by atoms with Gasteiger partial charge in [0.2, 0.25) is 0 Å². The molecule has 38 valence electrons. The number of hydroxylamine groups is 4. The molecule has 0 aliphatic carbocycles. The Bertz CT molecular complexity index is 137. The van der Waals surface area contributed by atoms with Crippen LogP contribution in [-0.4, -0.2) is 16.2 Å². The Balaban J connectivity index is 2.32. The SMILES string of the molecule is N[N+]12ON(O1)C2=O. The molecular formula is CH2N3O3+. The van der Waals surface area contributed by atoms with Crippen LogP contribution in [0.2, 0.25) is 0 Å². The van der Waals surface area contributed by atoms with Crippen molar-refractivity contribution in [3.63, 3.8) is 0 Å². The zero-order chi connectivity index (χ0) is 5.07. The maximum absolute atomic E-state index is 10.1. The summed E-state index contributed by atoms with van der Waals surface area (Å²) < 4.78 is 0. The van der Waals surface area contributed by atoms with E-state index in [2.05, 4.69) is 9.88 Å². The van der Waals surface area contributed by atoms with Crippen molar-refractivity contribution in [3.8, 4) is 0 Å². The minimum absolute atomic E-state index is 0.375. The van der Waals surface area contributed by atoms with Gasteiger partial charge in [-0.1, -0.05) is 5.84 Å². The molecule has 6 heteroatoms. The fourth-order valence-electron chi connectivity index (χ4n) is 0.414. The molecule has 3 aliphatic rings. The van der Waals surface area contributed by atoms with Gasteiger partial charge in [-0.2, -0.15) is 4.79 Å². The number of hydrogen-bond acceptors (Lipinski definition) is 4. The topological polar surface area (TPSA) is 64.8 Å². The summed E-state index contributed by atoms with van der Waals surface area (Å²) in [5, 5.41) is 0.708. The van der Waals surface area contributed by atoms with Gasteiger partial charge in [0, 0.05) is 9.88 Å². The van der Waals surface area contributed by atoms with Crippen molar-refractivity contribution in [2.75, 3.05) is 0 Å². The number of amides is 2. The van der Waals surface area contributed by atoms with Gasteiger partial charge >= 0.3 is 6.03 Å². The molecule has 3 rings (SSSR count). The van der Waals surface area contributed by atoms with E-state index >= 15 is 0 Å². The van der Waals surface area contributed by atoms with Gasteiger partial charge in [0.25, 0.3) is 0 Å². The lowest BCUT2D eigenvalue weighted by molar-refractivity contribution is -1.40. The highest BCUT2D eigenvalue weighted by Gasteiger charge is 2.78. The molecule has 0 aromatic carbocycles. The Kier molecular flexibility index (Phi) is 0.265. The number of urea groups is 1. The van der Waals surface area contributed by atoms with E-state index in [1.54, 1.807) is 0 Å². The molecule has 3 saturated heterocycles. The average molecular weight is 104 g/mol. The monoisotopic (exact) mass is 104 g/mol. The zero-order valence-electron chi connectivity index (χ0n) is 3.20. The lowest BCUT2D eigenvalue weighted by atomic mass is 11.0. The van der Waals surface area contributed by atoms with E-state index in [9.17, 15) is 4.79 Å². The molecule has 0 aromatic heterocycles. The lowest BCUT2D eigenvalue weighted by Gasteiger charge is -2.43. The molecule has 0 atom stereocenters. The first-order chi connectivity index (χ1) is 3.22. The number of nitrogens with zero attached hydrogens (tertiary/aromatic N) is 2. The van der Waals surface area contributed by atoms with Crippen LogP contribution in [0.1, 0.15) is 0 Å². The van der Waals surface area contributed by atoms with Gasteiger partial charge in [-0.15, -0.1) is 0 Å². The summed E-state index contributed by atoms with van der Waals surface area (Å²) in [5.41, 5.74) is 0. The van der Waals surface area contributed by atoms with Crippen LogP contribution in [-0.2, 0) is 9.88 Å². The first-order valence-electron chi connectivity index (χ1n) is 1.64. The standard InChI is InChI=1S/CH2N3O3/c2-4-1(5)3(6-4)7-4/h2H2/q+1. The molecule has 3 fully saturated rings. The number of rotatable bonds is 0. The lowest BCUT2D eigenvalue weighted by Crippen LogP contribution is -2.87. The van der Waals surface area contributed by atoms with Crippen LogP contribution in [0.4, 0.5) is 4.79 Å². The molecule has 7 heavy (non-hydrogen) atoms. The van der Waals surface area contributed by atoms with Crippen molar-refractivity contribution in [3.05, 3.63) is 0 Å². The average Bonchev–Trinajstić information content (AvgIpc) is 1.62. The molecule has 2 N–H and O–H groups in total. The summed E-state index contributed by atoms with van der Waals surface area (Å²) in [6.07, 6.45) is 0. The Morgan fingerprint density at radius 2 is 2.14 bits per heavy atom. The van der Waals surface area contributed by atoms with Crippen LogP contribution in [0, 0.1) is 0 Å². The largest absolute Gasteiger partial charge is 0.571 e. The number of nitrogens with two attached hydrogens (primary N) is 1. The van der Waals surface area contributed by atoms with Crippen molar-refractivity contribution < 1.29 is 19.6 Å². The Morgan fingerprint density at radius 3 is 2.14 bits per heavy atom. The van der Waals surface area contributed by atoms with Crippen molar-refractivity contribution in [1.82, 2.24) is 5.23 Å². The molecule has 0 aromatic rings. The second-order valence-corrected chi connectivity index (χ2v) is 1.30. The van der Waals surface area contributed by atoms with E-state index < -0.39 is 4.92 Å². The normalized spacial score (nSPS) is 31.6.